The number of aryl methyl sites for hydroxylation is 1. The largest absolute Gasteiger partial charge is 0.496 e. The first-order chi connectivity index (χ1) is 10.2. The predicted octanol–water partition coefficient (Wildman–Crippen LogP) is 2.98. The fourth-order valence-corrected chi connectivity index (χ4v) is 2.60. The zero-order valence-electron chi connectivity index (χ0n) is 12.1. The first-order valence-corrected chi connectivity index (χ1v) is 7.01. The SMILES string of the molecule is COc1ccc(C)cc1-c1ccc(C=O)c(=O)n1C1CC1. The number of rotatable bonds is 4. The number of hydrogen-bond acceptors (Lipinski definition) is 3. The van der Waals surface area contributed by atoms with E-state index in [0.717, 1.165) is 35.4 Å². The summed E-state index contributed by atoms with van der Waals surface area (Å²) in [6.45, 7) is 2.00. The number of benzene rings is 1. The van der Waals surface area contributed by atoms with Crippen molar-refractivity contribution in [1.29, 1.82) is 0 Å². The van der Waals surface area contributed by atoms with Crippen LogP contribution in [0.2, 0.25) is 0 Å². The molecule has 1 aliphatic carbocycles. The fourth-order valence-electron chi connectivity index (χ4n) is 2.60. The standard InChI is InChI=1S/C17H17NO3/c1-11-3-8-16(21-2)14(9-11)15-7-4-12(10-19)17(20)18(15)13-5-6-13/h3-4,7-10,13H,5-6H2,1-2H3. The van der Waals surface area contributed by atoms with Crippen molar-refractivity contribution in [2.75, 3.05) is 7.11 Å². The highest BCUT2D eigenvalue weighted by Crippen LogP contribution is 2.39. The van der Waals surface area contributed by atoms with E-state index in [0.29, 0.717) is 6.29 Å². The normalized spacial score (nSPS) is 14.0. The van der Waals surface area contributed by atoms with E-state index in [2.05, 4.69) is 0 Å². The highest BCUT2D eigenvalue weighted by atomic mass is 16.5. The van der Waals surface area contributed by atoms with Gasteiger partial charge in [0, 0.05) is 11.6 Å². The predicted molar refractivity (Wildman–Crippen MR) is 81.1 cm³/mol. The summed E-state index contributed by atoms with van der Waals surface area (Å²) < 4.78 is 7.16. The Bertz CT molecular complexity index is 757. The monoisotopic (exact) mass is 283 g/mol. The molecule has 1 aromatic heterocycles. The molecule has 1 aliphatic rings. The van der Waals surface area contributed by atoms with E-state index in [1.54, 1.807) is 17.7 Å². The van der Waals surface area contributed by atoms with Crippen molar-refractivity contribution in [3.05, 3.63) is 51.8 Å². The molecule has 108 valence electrons. The number of methoxy groups -OCH3 is 1. The minimum Gasteiger partial charge on any atom is -0.496 e. The van der Waals surface area contributed by atoms with Crippen LogP contribution in [0.5, 0.6) is 5.75 Å². The van der Waals surface area contributed by atoms with Gasteiger partial charge in [-0.05, 0) is 44.0 Å². The van der Waals surface area contributed by atoms with Crippen LogP contribution >= 0.6 is 0 Å². The maximum atomic E-state index is 12.5. The van der Waals surface area contributed by atoms with Crippen LogP contribution in [0.15, 0.2) is 35.1 Å². The first-order valence-electron chi connectivity index (χ1n) is 7.01. The van der Waals surface area contributed by atoms with E-state index in [-0.39, 0.29) is 17.2 Å². The third-order valence-electron chi connectivity index (χ3n) is 3.82. The number of pyridine rings is 1. The molecule has 0 atom stereocenters. The van der Waals surface area contributed by atoms with Crippen molar-refractivity contribution in [3.63, 3.8) is 0 Å². The van der Waals surface area contributed by atoms with Gasteiger partial charge in [-0.1, -0.05) is 11.6 Å². The molecule has 21 heavy (non-hydrogen) atoms. The Morgan fingerprint density at radius 1 is 1.24 bits per heavy atom. The molecule has 3 rings (SSSR count). The summed E-state index contributed by atoms with van der Waals surface area (Å²) >= 11 is 0. The summed E-state index contributed by atoms with van der Waals surface area (Å²) in [6.07, 6.45) is 2.57. The van der Waals surface area contributed by atoms with E-state index in [4.69, 9.17) is 4.74 Å². The zero-order chi connectivity index (χ0) is 15.0. The van der Waals surface area contributed by atoms with E-state index < -0.39 is 0 Å². The Morgan fingerprint density at radius 3 is 2.62 bits per heavy atom. The van der Waals surface area contributed by atoms with E-state index in [1.165, 1.54) is 0 Å². The quantitative estimate of drug-likeness (QED) is 0.810. The zero-order valence-corrected chi connectivity index (χ0v) is 12.1. The summed E-state index contributed by atoms with van der Waals surface area (Å²) in [4.78, 5) is 23.5. The molecule has 1 heterocycles. The summed E-state index contributed by atoms with van der Waals surface area (Å²) in [5.41, 5.74) is 2.79. The Morgan fingerprint density at radius 2 is 2.00 bits per heavy atom. The Hall–Kier alpha value is -2.36. The van der Waals surface area contributed by atoms with Crippen molar-refractivity contribution in [2.45, 2.75) is 25.8 Å². The van der Waals surface area contributed by atoms with Gasteiger partial charge in [-0.15, -0.1) is 0 Å². The summed E-state index contributed by atoms with van der Waals surface area (Å²) in [5, 5.41) is 0. The molecule has 2 aromatic rings. The van der Waals surface area contributed by atoms with Crippen LogP contribution in [0.25, 0.3) is 11.3 Å². The number of hydrogen-bond donors (Lipinski definition) is 0. The minimum atomic E-state index is -0.214. The van der Waals surface area contributed by atoms with Gasteiger partial charge < -0.3 is 9.30 Å². The van der Waals surface area contributed by atoms with Crippen LogP contribution < -0.4 is 10.3 Å². The van der Waals surface area contributed by atoms with E-state index >= 15 is 0 Å². The summed E-state index contributed by atoms with van der Waals surface area (Å²) in [6, 6.07) is 9.50. The number of aromatic nitrogens is 1. The Balaban J connectivity index is 2.28. The molecule has 4 heteroatoms. The lowest BCUT2D eigenvalue weighted by Crippen LogP contribution is -2.24. The second-order valence-corrected chi connectivity index (χ2v) is 5.40. The maximum absolute atomic E-state index is 12.5. The van der Waals surface area contributed by atoms with Crippen molar-refractivity contribution in [1.82, 2.24) is 4.57 Å². The molecule has 0 spiro atoms. The molecule has 1 aromatic carbocycles. The van der Waals surface area contributed by atoms with Gasteiger partial charge in [0.25, 0.3) is 5.56 Å². The smallest absolute Gasteiger partial charge is 0.261 e. The minimum absolute atomic E-state index is 0.192. The van der Waals surface area contributed by atoms with Crippen molar-refractivity contribution >= 4 is 6.29 Å². The lowest BCUT2D eigenvalue weighted by molar-refractivity contribution is 0.112. The fraction of sp³-hybridized carbons (Fsp3) is 0.294. The van der Waals surface area contributed by atoms with Gasteiger partial charge in [0.05, 0.1) is 18.4 Å². The molecule has 4 nitrogen and oxygen atoms in total. The molecule has 0 amide bonds. The molecule has 0 bridgehead atoms. The molecule has 1 saturated carbocycles. The third-order valence-corrected chi connectivity index (χ3v) is 3.82. The number of nitrogens with zero attached hydrogens (tertiary/aromatic N) is 1. The van der Waals surface area contributed by atoms with Crippen LogP contribution in [0.1, 0.15) is 34.8 Å². The molecule has 1 fully saturated rings. The molecular formula is C17H17NO3. The van der Waals surface area contributed by atoms with Crippen LogP contribution in [-0.2, 0) is 0 Å². The van der Waals surface area contributed by atoms with Crippen molar-refractivity contribution < 1.29 is 9.53 Å². The lowest BCUT2D eigenvalue weighted by Gasteiger charge is -2.16. The van der Waals surface area contributed by atoms with Crippen LogP contribution in [0, 0.1) is 6.92 Å². The number of ether oxygens (including phenoxy) is 1. The van der Waals surface area contributed by atoms with Crippen molar-refractivity contribution in [3.8, 4) is 17.0 Å². The highest BCUT2D eigenvalue weighted by Gasteiger charge is 2.28. The topological polar surface area (TPSA) is 48.3 Å². The summed E-state index contributed by atoms with van der Waals surface area (Å²) in [5.74, 6) is 0.730. The lowest BCUT2D eigenvalue weighted by atomic mass is 10.1. The highest BCUT2D eigenvalue weighted by molar-refractivity contribution is 5.76. The molecule has 0 unspecified atom stereocenters. The maximum Gasteiger partial charge on any atom is 0.261 e. The number of aldehydes is 1. The molecule has 0 saturated heterocycles. The van der Waals surface area contributed by atoms with E-state index in [1.807, 2.05) is 31.2 Å². The van der Waals surface area contributed by atoms with Gasteiger partial charge in [0.2, 0.25) is 0 Å². The van der Waals surface area contributed by atoms with Crippen LogP contribution in [-0.4, -0.2) is 18.0 Å². The summed E-state index contributed by atoms with van der Waals surface area (Å²) in [7, 11) is 1.62. The van der Waals surface area contributed by atoms with Crippen molar-refractivity contribution in [2.24, 2.45) is 0 Å². The van der Waals surface area contributed by atoms with Gasteiger partial charge in [-0.25, -0.2) is 0 Å². The molecule has 0 N–H and O–H groups in total. The molecule has 0 aliphatic heterocycles. The van der Waals surface area contributed by atoms with Crippen LogP contribution in [0.4, 0.5) is 0 Å². The second-order valence-electron chi connectivity index (χ2n) is 5.40. The average Bonchev–Trinajstić information content (AvgIpc) is 3.31. The van der Waals surface area contributed by atoms with Gasteiger partial charge in [-0.3, -0.25) is 9.59 Å². The number of carbonyl (C=O) groups is 1. The Labute approximate surface area is 123 Å². The number of carbonyl (C=O) groups excluding carboxylic acids is 1. The van der Waals surface area contributed by atoms with Gasteiger partial charge in [-0.2, -0.15) is 0 Å². The van der Waals surface area contributed by atoms with Gasteiger partial charge >= 0.3 is 0 Å². The Kier molecular flexibility index (Phi) is 3.37. The van der Waals surface area contributed by atoms with Crippen LogP contribution in [0.3, 0.4) is 0 Å². The first kappa shape index (κ1) is 13.6. The molecule has 0 radical (unpaired) electrons. The molecular weight excluding hydrogens is 266 g/mol. The second kappa shape index (κ2) is 5.20. The van der Waals surface area contributed by atoms with Gasteiger partial charge in [0.15, 0.2) is 6.29 Å². The third kappa shape index (κ3) is 2.37. The van der Waals surface area contributed by atoms with Gasteiger partial charge in [0.1, 0.15) is 5.75 Å². The van der Waals surface area contributed by atoms with E-state index in [9.17, 15) is 9.59 Å². The average molecular weight is 283 g/mol.